The van der Waals surface area contributed by atoms with Gasteiger partial charge in [0.2, 0.25) is 5.91 Å². The first-order valence-electron chi connectivity index (χ1n) is 7.59. The van der Waals surface area contributed by atoms with E-state index < -0.39 is 0 Å². The summed E-state index contributed by atoms with van der Waals surface area (Å²) in [5.41, 5.74) is 2.13. The van der Waals surface area contributed by atoms with Crippen molar-refractivity contribution < 1.29 is 4.79 Å². The number of thioether (sulfide) groups is 1. The molecular formula is C17H19BrN4OS. The highest BCUT2D eigenvalue weighted by atomic mass is 79.9. The Morgan fingerprint density at radius 2 is 2.12 bits per heavy atom. The molecule has 1 heterocycles. The Morgan fingerprint density at radius 1 is 1.42 bits per heavy atom. The van der Waals surface area contributed by atoms with Crippen molar-refractivity contribution in [1.29, 1.82) is 5.26 Å². The molecule has 7 heteroatoms. The van der Waals surface area contributed by atoms with Gasteiger partial charge in [-0.2, -0.15) is 5.26 Å². The summed E-state index contributed by atoms with van der Waals surface area (Å²) < 4.78 is 3.18. The Balaban J connectivity index is 2.21. The van der Waals surface area contributed by atoms with Crippen molar-refractivity contribution in [2.45, 2.75) is 25.5 Å². The normalized spacial score (nSPS) is 10.6. The third-order valence-corrected chi connectivity index (χ3v) is 4.72. The van der Waals surface area contributed by atoms with Crippen LogP contribution in [0.1, 0.15) is 13.8 Å². The number of halogens is 1. The van der Waals surface area contributed by atoms with Crippen LogP contribution in [0.15, 0.2) is 40.1 Å². The zero-order valence-electron chi connectivity index (χ0n) is 13.6. The van der Waals surface area contributed by atoms with Crippen LogP contribution in [0.4, 0.5) is 0 Å². The molecule has 0 aliphatic rings. The van der Waals surface area contributed by atoms with Gasteiger partial charge in [-0.05, 0) is 23.6 Å². The fourth-order valence-corrected chi connectivity index (χ4v) is 3.27. The van der Waals surface area contributed by atoms with E-state index in [1.165, 1.54) is 11.8 Å². The van der Waals surface area contributed by atoms with Crippen LogP contribution in [0.5, 0.6) is 0 Å². The first-order valence-corrected chi connectivity index (χ1v) is 9.37. The largest absolute Gasteiger partial charge is 0.342 e. The molecule has 0 atom stereocenters. The fourth-order valence-electron chi connectivity index (χ4n) is 2.19. The first-order chi connectivity index (χ1) is 11.5. The van der Waals surface area contributed by atoms with Gasteiger partial charge < -0.3 is 9.88 Å². The van der Waals surface area contributed by atoms with Crippen molar-refractivity contribution in [2.24, 2.45) is 5.92 Å². The highest BCUT2D eigenvalue weighted by Gasteiger charge is 2.14. The summed E-state index contributed by atoms with van der Waals surface area (Å²) in [7, 11) is 0. The SMILES string of the molecule is CC(C)Cn1c(-c2ccc(Br)cc2)cnc1SCC(=O)NCC#N. The molecule has 0 aliphatic carbocycles. The van der Waals surface area contributed by atoms with Gasteiger partial charge in [-0.3, -0.25) is 4.79 Å². The minimum absolute atomic E-state index is 0.0317. The number of amides is 1. The maximum Gasteiger partial charge on any atom is 0.231 e. The van der Waals surface area contributed by atoms with Crippen molar-refractivity contribution in [3.8, 4) is 17.3 Å². The number of nitrogens with zero attached hydrogens (tertiary/aromatic N) is 3. The number of benzene rings is 1. The molecule has 126 valence electrons. The van der Waals surface area contributed by atoms with Crippen LogP contribution in [0, 0.1) is 17.2 Å². The zero-order chi connectivity index (χ0) is 17.5. The van der Waals surface area contributed by atoms with Gasteiger partial charge >= 0.3 is 0 Å². The van der Waals surface area contributed by atoms with Crippen molar-refractivity contribution in [2.75, 3.05) is 12.3 Å². The predicted octanol–water partition coefficient (Wildman–Crippen LogP) is 3.70. The molecule has 1 N–H and O–H groups in total. The number of carbonyl (C=O) groups excluding carboxylic acids is 1. The molecule has 0 fully saturated rings. The number of rotatable bonds is 7. The Hall–Kier alpha value is -1.78. The van der Waals surface area contributed by atoms with E-state index in [2.05, 4.69) is 44.6 Å². The quantitative estimate of drug-likeness (QED) is 0.561. The first kappa shape index (κ1) is 18.6. The summed E-state index contributed by atoms with van der Waals surface area (Å²) in [5.74, 6) is 0.544. The Labute approximate surface area is 154 Å². The van der Waals surface area contributed by atoms with Gasteiger partial charge in [0, 0.05) is 11.0 Å². The lowest BCUT2D eigenvalue weighted by Gasteiger charge is -2.14. The predicted molar refractivity (Wildman–Crippen MR) is 99.5 cm³/mol. The highest BCUT2D eigenvalue weighted by molar-refractivity contribution is 9.10. The molecule has 1 aromatic heterocycles. The second-order valence-electron chi connectivity index (χ2n) is 5.66. The highest BCUT2D eigenvalue weighted by Crippen LogP contribution is 2.28. The van der Waals surface area contributed by atoms with Crippen LogP contribution < -0.4 is 5.32 Å². The van der Waals surface area contributed by atoms with Crippen LogP contribution in [-0.2, 0) is 11.3 Å². The lowest BCUT2D eigenvalue weighted by Crippen LogP contribution is -2.25. The van der Waals surface area contributed by atoms with Crippen LogP contribution in [0.25, 0.3) is 11.3 Å². The molecule has 5 nitrogen and oxygen atoms in total. The maximum atomic E-state index is 11.7. The second kappa shape index (κ2) is 8.90. The molecule has 0 saturated heterocycles. The van der Waals surface area contributed by atoms with E-state index >= 15 is 0 Å². The van der Waals surface area contributed by atoms with E-state index in [0.29, 0.717) is 5.92 Å². The Bertz CT molecular complexity index is 734. The van der Waals surface area contributed by atoms with Crippen molar-refractivity contribution >= 4 is 33.6 Å². The monoisotopic (exact) mass is 406 g/mol. The molecule has 0 radical (unpaired) electrons. The third kappa shape index (κ3) is 5.11. The van der Waals surface area contributed by atoms with E-state index in [1.54, 1.807) is 0 Å². The van der Waals surface area contributed by atoms with Gasteiger partial charge in [0.25, 0.3) is 0 Å². The van der Waals surface area contributed by atoms with E-state index in [4.69, 9.17) is 5.26 Å². The smallest absolute Gasteiger partial charge is 0.231 e. The number of imidazole rings is 1. The van der Waals surface area contributed by atoms with Gasteiger partial charge in [0.05, 0.1) is 23.7 Å². The molecule has 2 rings (SSSR count). The summed E-state index contributed by atoms with van der Waals surface area (Å²) in [6.45, 7) is 5.16. The lowest BCUT2D eigenvalue weighted by molar-refractivity contribution is -0.118. The van der Waals surface area contributed by atoms with Crippen molar-refractivity contribution in [1.82, 2.24) is 14.9 Å². The number of nitrogens with one attached hydrogen (secondary N) is 1. The summed E-state index contributed by atoms with van der Waals surface area (Å²) >= 11 is 4.84. The zero-order valence-corrected chi connectivity index (χ0v) is 16.0. The molecule has 1 amide bonds. The summed E-state index contributed by atoms with van der Waals surface area (Å²) in [6.07, 6.45) is 1.85. The van der Waals surface area contributed by atoms with Gasteiger partial charge in [-0.25, -0.2) is 4.98 Å². The standard InChI is InChI=1S/C17H19BrN4OS/c1-12(2)10-22-15(13-3-5-14(18)6-4-13)9-21-17(22)24-11-16(23)20-8-7-19/h3-6,9,12H,8,10-11H2,1-2H3,(H,20,23). The lowest BCUT2D eigenvalue weighted by atomic mass is 10.1. The van der Waals surface area contributed by atoms with Crippen LogP contribution in [-0.4, -0.2) is 27.8 Å². The average Bonchev–Trinajstić information content (AvgIpc) is 2.93. The molecular weight excluding hydrogens is 388 g/mol. The number of carbonyl (C=O) groups is 1. The average molecular weight is 407 g/mol. The molecule has 1 aromatic carbocycles. The van der Waals surface area contributed by atoms with E-state index in [0.717, 1.165) is 27.4 Å². The summed E-state index contributed by atoms with van der Waals surface area (Å²) in [4.78, 5) is 16.2. The molecule has 0 spiro atoms. The van der Waals surface area contributed by atoms with Crippen LogP contribution in [0.2, 0.25) is 0 Å². The van der Waals surface area contributed by atoms with Crippen LogP contribution >= 0.6 is 27.7 Å². The summed E-state index contributed by atoms with van der Waals surface area (Å²) in [5, 5.41) is 11.9. The Morgan fingerprint density at radius 3 is 2.75 bits per heavy atom. The topological polar surface area (TPSA) is 70.7 Å². The number of aromatic nitrogens is 2. The van der Waals surface area contributed by atoms with Crippen molar-refractivity contribution in [3.63, 3.8) is 0 Å². The molecule has 0 saturated carbocycles. The number of nitriles is 1. The summed E-state index contributed by atoms with van der Waals surface area (Å²) in [6, 6.07) is 10.0. The Kier molecular flexibility index (Phi) is 6.88. The molecule has 0 aliphatic heterocycles. The minimum Gasteiger partial charge on any atom is -0.342 e. The number of hydrogen-bond acceptors (Lipinski definition) is 4. The van der Waals surface area contributed by atoms with Gasteiger partial charge in [-0.1, -0.05) is 53.7 Å². The third-order valence-electron chi connectivity index (χ3n) is 3.20. The minimum atomic E-state index is -0.161. The van der Waals surface area contributed by atoms with Gasteiger partial charge in [-0.15, -0.1) is 0 Å². The van der Waals surface area contributed by atoms with Crippen LogP contribution in [0.3, 0.4) is 0 Å². The molecule has 2 aromatic rings. The van der Waals surface area contributed by atoms with E-state index in [1.807, 2.05) is 36.5 Å². The molecule has 0 bridgehead atoms. The van der Waals surface area contributed by atoms with Gasteiger partial charge in [0.15, 0.2) is 5.16 Å². The van der Waals surface area contributed by atoms with E-state index in [-0.39, 0.29) is 18.2 Å². The molecule has 0 unspecified atom stereocenters. The fraction of sp³-hybridized carbons (Fsp3) is 0.353. The van der Waals surface area contributed by atoms with E-state index in [9.17, 15) is 4.79 Å². The molecule has 24 heavy (non-hydrogen) atoms. The number of hydrogen-bond donors (Lipinski definition) is 1. The maximum absolute atomic E-state index is 11.7. The van der Waals surface area contributed by atoms with Crippen molar-refractivity contribution in [3.05, 3.63) is 34.9 Å². The van der Waals surface area contributed by atoms with Gasteiger partial charge in [0.1, 0.15) is 6.54 Å². The second-order valence-corrected chi connectivity index (χ2v) is 7.52.